The van der Waals surface area contributed by atoms with E-state index in [9.17, 15) is 35.9 Å². The molecule has 0 aromatic heterocycles. The molecule has 1 aliphatic heterocycles. The fourth-order valence-electron chi connectivity index (χ4n) is 5.24. The molecule has 3 aromatic rings. The number of alkyl halides is 6. The molecule has 0 aliphatic carbocycles. The van der Waals surface area contributed by atoms with Gasteiger partial charge in [-0.2, -0.15) is 26.3 Å². The fraction of sp³-hybridized carbons (Fsp3) is 0.355. The van der Waals surface area contributed by atoms with E-state index >= 15 is 0 Å². The second kappa shape index (κ2) is 13.2. The minimum absolute atomic E-state index is 0.0139. The Labute approximate surface area is 255 Å². The Morgan fingerprint density at radius 3 is 1.96 bits per heavy atom. The number of nitrogens with zero attached hydrogens (tertiary/aromatic N) is 2. The van der Waals surface area contributed by atoms with Gasteiger partial charge in [-0.05, 0) is 48.7 Å². The molecular formula is C31H30F6N2O6. The van der Waals surface area contributed by atoms with Crippen LogP contribution in [0.3, 0.4) is 0 Å². The quantitative estimate of drug-likeness (QED) is 0.244. The first-order valence-corrected chi connectivity index (χ1v) is 13.6. The van der Waals surface area contributed by atoms with Gasteiger partial charge in [0, 0.05) is 24.2 Å². The van der Waals surface area contributed by atoms with E-state index in [4.69, 9.17) is 18.9 Å². The summed E-state index contributed by atoms with van der Waals surface area (Å²) in [5.41, 5.74) is -2.19. The number of methoxy groups -OCH3 is 3. The summed E-state index contributed by atoms with van der Waals surface area (Å²) in [6.07, 6.45) is -11.9. The second-order valence-electron chi connectivity index (χ2n) is 10.3. The normalized spacial score (nSPS) is 16.4. The molecular weight excluding hydrogens is 610 g/mol. The van der Waals surface area contributed by atoms with Crippen molar-refractivity contribution in [3.8, 4) is 11.5 Å². The predicted molar refractivity (Wildman–Crippen MR) is 150 cm³/mol. The Hall–Kier alpha value is -4.62. The van der Waals surface area contributed by atoms with Gasteiger partial charge in [0.05, 0.1) is 44.2 Å². The van der Waals surface area contributed by atoms with E-state index in [1.54, 1.807) is 31.2 Å². The zero-order valence-corrected chi connectivity index (χ0v) is 24.7. The van der Waals surface area contributed by atoms with Crippen LogP contribution in [-0.2, 0) is 35.0 Å². The number of halogens is 6. The van der Waals surface area contributed by atoms with Crippen LogP contribution in [0.5, 0.6) is 11.5 Å². The number of hydrogen-bond acceptors (Lipinski definition) is 6. The van der Waals surface area contributed by atoms with Crippen molar-refractivity contribution in [2.24, 2.45) is 0 Å². The molecule has 0 N–H and O–H groups in total. The lowest BCUT2D eigenvalue weighted by atomic mass is 9.90. The van der Waals surface area contributed by atoms with Gasteiger partial charge in [0.15, 0.2) is 11.5 Å². The van der Waals surface area contributed by atoms with Crippen LogP contribution in [0.1, 0.15) is 47.2 Å². The van der Waals surface area contributed by atoms with Crippen LogP contribution < -0.4 is 14.4 Å². The molecule has 0 radical (unpaired) electrons. The molecule has 4 rings (SSSR count). The van der Waals surface area contributed by atoms with Crippen LogP contribution in [0.4, 0.5) is 41.6 Å². The molecule has 2 amide bonds. The van der Waals surface area contributed by atoms with E-state index in [2.05, 4.69) is 0 Å². The highest BCUT2D eigenvalue weighted by atomic mass is 19.4. The summed E-state index contributed by atoms with van der Waals surface area (Å²) >= 11 is 0. The van der Waals surface area contributed by atoms with E-state index < -0.39 is 59.9 Å². The summed E-state index contributed by atoms with van der Waals surface area (Å²) in [4.78, 5) is 28.9. The number of rotatable bonds is 7. The van der Waals surface area contributed by atoms with Crippen molar-refractivity contribution >= 4 is 17.9 Å². The van der Waals surface area contributed by atoms with Gasteiger partial charge in [-0.25, -0.2) is 9.59 Å². The lowest BCUT2D eigenvalue weighted by Crippen LogP contribution is -2.47. The zero-order valence-electron chi connectivity index (χ0n) is 24.7. The largest absolute Gasteiger partial charge is 0.493 e. The Morgan fingerprint density at radius 2 is 1.42 bits per heavy atom. The summed E-state index contributed by atoms with van der Waals surface area (Å²) < 4.78 is 103. The van der Waals surface area contributed by atoms with Gasteiger partial charge >= 0.3 is 24.5 Å². The molecule has 8 nitrogen and oxygen atoms in total. The summed E-state index contributed by atoms with van der Waals surface area (Å²) in [6.45, 7) is 0.946. The van der Waals surface area contributed by atoms with Gasteiger partial charge in [0.1, 0.15) is 6.61 Å². The van der Waals surface area contributed by atoms with Gasteiger partial charge in [-0.15, -0.1) is 0 Å². The minimum atomic E-state index is -5.08. The lowest BCUT2D eigenvalue weighted by Gasteiger charge is -2.42. The van der Waals surface area contributed by atoms with Gasteiger partial charge < -0.3 is 18.9 Å². The van der Waals surface area contributed by atoms with E-state index in [0.29, 0.717) is 17.7 Å². The first-order valence-electron chi connectivity index (χ1n) is 13.6. The van der Waals surface area contributed by atoms with Crippen molar-refractivity contribution in [2.75, 3.05) is 26.2 Å². The maximum absolute atomic E-state index is 13.6. The van der Waals surface area contributed by atoms with Crippen molar-refractivity contribution < 1.29 is 54.9 Å². The number of amides is 2. The standard InChI is InChI=1S/C31H30F6N2O6/c1-18-10-24(38(28(40)44-4)16-20-11-21(30(32,33)34)13-22(12-20)31(35,36)37)23-14-26(42-2)27(43-3)15-25(23)39(18)29(41)45-17-19-8-6-5-7-9-19/h5-9,11-15,18,24H,10,16-17H2,1-4H3. The summed E-state index contributed by atoms with van der Waals surface area (Å²) in [5.74, 6) is 0.430. The molecule has 45 heavy (non-hydrogen) atoms. The molecule has 1 heterocycles. The Morgan fingerprint density at radius 1 is 0.844 bits per heavy atom. The maximum atomic E-state index is 13.6. The third kappa shape index (κ3) is 7.37. The number of fused-ring (bicyclic) bond motifs is 1. The molecule has 2 atom stereocenters. The zero-order chi connectivity index (χ0) is 33.1. The number of ether oxygens (including phenoxy) is 4. The highest BCUT2D eigenvalue weighted by Gasteiger charge is 2.42. The molecule has 0 bridgehead atoms. The number of carbonyl (C=O) groups is 2. The summed E-state index contributed by atoms with van der Waals surface area (Å²) in [7, 11) is 3.77. The highest BCUT2D eigenvalue weighted by Crippen LogP contribution is 2.47. The molecule has 0 spiro atoms. The van der Waals surface area contributed by atoms with Gasteiger partial charge in [0.2, 0.25) is 0 Å². The highest BCUT2D eigenvalue weighted by molar-refractivity contribution is 5.91. The van der Waals surface area contributed by atoms with Crippen molar-refractivity contribution in [3.63, 3.8) is 0 Å². The Bertz CT molecular complexity index is 1500. The van der Waals surface area contributed by atoms with E-state index in [0.717, 1.165) is 17.6 Å². The van der Waals surface area contributed by atoms with Crippen LogP contribution in [0.15, 0.2) is 60.7 Å². The van der Waals surface area contributed by atoms with E-state index in [1.165, 1.54) is 31.3 Å². The van der Waals surface area contributed by atoms with Crippen LogP contribution in [0.2, 0.25) is 0 Å². The molecule has 3 aromatic carbocycles. The Kier molecular flexibility index (Phi) is 9.74. The topological polar surface area (TPSA) is 77.5 Å². The van der Waals surface area contributed by atoms with Crippen LogP contribution in [0.25, 0.3) is 0 Å². The number of anilines is 1. The molecule has 0 saturated heterocycles. The van der Waals surface area contributed by atoms with Crippen molar-refractivity contribution in [1.82, 2.24) is 4.90 Å². The maximum Gasteiger partial charge on any atom is 0.416 e. The summed E-state index contributed by atoms with van der Waals surface area (Å²) in [6, 6.07) is 11.4. The minimum Gasteiger partial charge on any atom is -0.493 e. The van der Waals surface area contributed by atoms with Gasteiger partial charge in [-0.1, -0.05) is 30.3 Å². The Balaban J connectivity index is 1.80. The molecule has 1 aliphatic rings. The molecule has 2 unspecified atom stereocenters. The van der Waals surface area contributed by atoms with Gasteiger partial charge in [-0.3, -0.25) is 9.80 Å². The van der Waals surface area contributed by atoms with Gasteiger partial charge in [0.25, 0.3) is 0 Å². The van der Waals surface area contributed by atoms with Crippen molar-refractivity contribution in [2.45, 2.75) is 50.9 Å². The van der Waals surface area contributed by atoms with Crippen molar-refractivity contribution in [3.05, 3.63) is 88.5 Å². The first-order chi connectivity index (χ1) is 21.2. The third-order valence-electron chi connectivity index (χ3n) is 7.34. The van der Waals surface area contributed by atoms with E-state index in [1.807, 2.05) is 6.07 Å². The average Bonchev–Trinajstić information content (AvgIpc) is 3.00. The van der Waals surface area contributed by atoms with Crippen molar-refractivity contribution in [1.29, 1.82) is 0 Å². The SMILES string of the molecule is COC(=O)N(Cc1cc(C(F)(F)F)cc(C(F)(F)F)c1)C1CC(C)N(C(=O)OCc2ccccc2)c2cc(OC)c(OC)cc21. The first kappa shape index (κ1) is 33.3. The number of benzene rings is 3. The van der Waals surface area contributed by atoms with Crippen LogP contribution in [0, 0.1) is 0 Å². The second-order valence-corrected chi connectivity index (χ2v) is 10.3. The third-order valence-corrected chi connectivity index (χ3v) is 7.34. The lowest BCUT2D eigenvalue weighted by molar-refractivity contribution is -0.143. The molecule has 0 fully saturated rings. The smallest absolute Gasteiger partial charge is 0.416 e. The molecule has 242 valence electrons. The number of hydrogen-bond donors (Lipinski definition) is 0. The molecule has 14 heteroatoms. The van der Waals surface area contributed by atoms with Crippen LogP contribution in [-0.4, -0.2) is 44.5 Å². The monoisotopic (exact) mass is 640 g/mol. The van der Waals surface area contributed by atoms with E-state index in [-0.39, 0.29) is 36.3 Å². The molecule has 0 saturated carbocycles. The van der Waals surface area contributed by atoms with Crippen LogP contribution >= 0.6 is 0 Å². The predicted octanol–water partition coefficient (Wildman–Crippen LogP) is 7.99. The summed E-state index contributed by atoms with van der Waals surface area (Å²) in [5, 5.41) is 0. The number of carbonyl (C=O) groups excluding carboxylic acids is 2. The fourth-order valence-corrected chi connectivity index (χ4v) is 5.24. The average molecular weight is 641 g/mol.